The fourth-order valence-electron chi connectivity index (χ4n) is 3.67. The van der Waals surface area contributed by atoms with Crippen LogP contribution in [-0.4, -0.2) is 41.9 Å². The van der Waals surface area contributed by atoms with Crippen molar-refractivity contribution >= 4 is 11.8 Å². The number of nitrogens with zero attached hydrogens (tertiary/aromatic N) is 1. The van der Waals surface area contributed by atoms with Crippen molar-refractivity contribution in [3.63, 3.8) is 0 Å². The maximum absolute atomic E-state index is 13.0. The van der Waals surface area contributed by atoms with Gasteiger partial charge >= 0.3 is 0 Å². The number of halogens is 1. The maximum atomic E-state index is 13.0. The van der Waals surface area contributed by atoms with E-state index in [1.54, 1.807) is 17.0 Å². The Labute approximate surface area is 141 Å². The van der Waals surface area contributed by atoms with E-state index in [-0.39, 0.29) is 36.1 Å². The molecule has 2 amide bonds. The maximum Gasteiger partial charge on any atom is 0.245 e. The summed E-state index contributed by atoms with van der Waals surface area (Å²) in [5, 5.41) is 2.75. The summed E-state index contributed by atoms with van der Waals surface area (Å²) in [5.41, 5.74) is 7.00. The highest BCUT2D eigenvalue weighted by atomic mass is 19.1. The third kappa shape index (κ3) is 3.93. The first-order valence-corrected chi connectivity index (χ1v) is 8.61. The average molecular weight is 333 g/mol. The number of hydrogen-bond donors (Lipinski definition) is 2. The second-order valence-electron chi connectivity index (χ2n) is 6.88. The first kappa shape index (κ1) is 16.9. The molecule has 1 aromatic carbocycles. The SMILES string of the molecule is N[C@@H]1CCCC[C@H]1CN1CC(=O)N[C@@H](Cc2ccc(F)cc2)C1=O. The molecule has 0 spiro atoms. The van der Waals surface area contributed by atoms with E-state index < -0.39 is 6.04 Å². The van der Waals surface area contributed by atoms with Crippen LogP contribution in [0.5, 0.6) is 0 Å². The lowest BCUT2D eigenvalue weighted by Gasteiger charge is -2.37. The van der Waals surface area contributed by atoms with E-state index >= 15 is 0 Å². The van der Waals surface area contributed by atoms with E-state index in [0.29, 0.717) is 13.0 Å². The molecule has 3 atom stereocenters. The Morgan fingerprint density at radius 2 is 1.88 bits per heavy atom. The molecule has 1 heterocycles. The molecule has 3 rings (SSSR count). The zero-order chi connectivity index (χ0) is 17.1. The minimum atomic E-state index is -0.587. The predicted octanol–water partition coefficient (Wildman–Crippen LogP) is 1.21. The van der Waals surface area contributed by atoms with Crippen LogP contribution in [-0.2, 0) is 16.0 Å². The summed E-state index contributed by atoms with van der Waals surface area (Å²) in [5.74, 6) is -0.270. The molecule has 1 saturated heterocycles. The average Bonchev–Trinajstić information content (AvgIpc) is 2.56. The van der Waals surface area contributed by atoms with Crippen LogP contribution in [0.15, 0.2) is 24.3 Å². The fourth-order valence-corrected chi connectivity index (χ4v) is 3.67. The Morgan fingerprint density at radius 1 is 1.17 bits per heavy atom. The van der Waals surface area contributed by atoms with Crippen LogP contribution in [0.2, 0.25) is 0 Å². The number of piperazine rings is 1. The lowest BCUT2D eigenvalue weighted by Crippen LogP contribution is -2.60. The normalized spacial score (nSPS) is 27.9. The van der Waals surface area contributed by atoms with Gasteiger partial charge in [0, 0.05) is 19.0 Å². The van der Waals surface area contributed by atoms with Crippen molar-refractivity contribution in [1.29, 1.82) is 0 Å². The highest BCUT2D eigenvalue weighted by molar-refractivity contribution is 5.95. The second-order valence-corrected chi connectivity index (χ2v) is 6.88. The van der Waals surface area contributed by atoms with Gasteiger partial charge in [0.05, 0.1) is 6.54 Å². The molecule has 2 aliphatic rings. The van der Waals surface area contributed by atoms with Crippen molar-refractivity contribution in [3.05, 3.63) is 35.6 Å². The summed E-state index contributed by atoms with van der Waals surface area (Å²) < 4.78 is 13.0. The number of nitrogens with one attached hydrogen (secondary N) is 1. The summed E-state index contributed by atoms with van der Waals surface area (Å²) in [6.45, 7) is 0.648. The largest absolute Gasteiger partial charge is 0.342 e. The van der Waals surface area contributed by atoms with Crippen LogP contribution in [0.3, 0.4) is 0 Å². The smallest absolute Gasteiger partial charge is 0.245 e. The van der Waals surface area contributed by atoms with Crippen LogP contribution < -0.4 is 11.1 Å². The number of hydrogen-bond acceptors (Lipinski definition) is 3. The molecular weight excluding hydrogens is 309 g/mol. The van der Waals surface area contributed by atoms with E-state index in [9.17, 15) is 14.0 Å². The molecule has 1 aliphatic carbocycles. The van der Waals surface area contributed by atoms with Crippen molar-refractivity contribution in [1.82, 2.24) is 10.2 Å². The topological polar surface area (TPSA) is 75.4 Å². The van der Waals surface area contributed by atoms with Crippen LogP contribution >= 0.6 is 0 Å². The minimum absolute atomic E-state index is 0.0725. The molecule has 24 heavy (non-hydrogen) atoms. The van der Waals surface area contributed by atoms with Crippen LogP contribution in [0.4, 0.5) is 4.39 Å². The molecule has 5 nitrogen and oxygen atoms in total. The number of carbonyl (C=O) groups excluding carboxylic acids is 2. The van der Waals surface area contributed by atoms with Gasteiger partial charge in [0.2, 0.25) is 11.8 Å². The molecule has 6 heteroatoms. The van der Waals surface area contributed by atoms with Gasteiger partial charge in [0.1, 0.15) is 11.9 Å². The van der Waals surface area contributed by atoms with Crippen molar-refractivity contribution in [2.75, 3.05) is 13.1 Å². The van der Waals surface area contributed by atoms with Gasteiger partial charge in [0.15, 0.2) is 0 Å². The molecule has 0 aromatic heterocycles. The molecule has 0 radical (unpaired) electrons. The van der Waals surface area contributed by atoms with Crippen LogP contribution in [0.1, 0.15) is 31.2 Å². The molecular formula is C18H24FN3O2. The van der Waals surface area contributed by atoms with Crippen molar-refractivity contribution in [3.8, 4) is 0 Å². The summed E-state index contributed by atoms with van der Waals surface area (Å²) in [6.07, 6.45) is 4.63. The standard InChI is InChI=1S/C18H24FN3O2/c19-14-7-5-12(6-8-14)9-16-18(24)22(11-17(23)21-16)10-13-3-1-2-4-15(13)20/h5-8,13,15-16H,1-4,9-11,20H2,(H,21,23)/t13-,15+,16-/m0/s1. The summed E-state index contributed by atoms with van der Waals surface area (Å²) in [6, 6.07) is 5.53. The number of benzene rings is 1. The second kappa shape index (κ2) is 7.30. The van der Waals surface area contributed by atoms with E-state index in [2.05, 4.69) is 5.32 Å². The first-order valence-electron chi connectivity index (χ1n) is 8.61. The third-order valence-electron chi connectivity index (χ3n) is 5.06. The van der Waals surface area contributed by atoms with E-state index in [4.69, 9.17) is 5.73 Å². The summed E-state index contributed by atoms with van der Waals surface area (Å²) >= 11 is 0. The Kier molecular flexibility index (Phi) is 5.14. The summed E-state index contributed by atoms with van der Waals surface area (Å²) in [7, 11) is 0. The Hall–Kier alpha value is -1.95. The van der Waals surface area contributed by atoms with Gasteiger partial charge in [-0.3, -0.25) is 9.59 Å². The lowest BCUT2D eigenvalue weighted by molar-refractivity contribution is -0.145. The van der Waals surface area contributed by atoms with Gasteiger partial charge in [-0.2, -0.15) is 0 Å². The summed E-state index contributed by atoms with van der Waals surface area (Å²) in [4.78, 5) is 26.4. The van der Waals surface area contributed by atoms with Gasteiger partial charge in [-0.15, -0.1) is 0 Å². The van der Waals surface area contributed by atoms with E-state index in [1.165, 1.54) is 12.1 Å². The molecule has 1 aliphatic heterocycles. The zero-order valence-corrected chi connectivity index (χ0v) is 13.7. The molecule has 0 bridgehead atoms. The highest BCUT2D eigenvalue weighted by Crippen LogP contribution is 2.24. The van der Waals surface area contributed by atoms with Crippen LogP contribution in [0, 0.1) is 11.7 Å². The number of amides is 2. The molecule has 3 N–H and O–H groups in total. The lowest BCUT2D eigenvalue weighted by atomic mass is 9.84. The third-order valence-corrected chi connectivity index (χ3v) is 5.06. The van der Waals surface area contributed by atoms with Crippen LogP contribution in [0.25, 0.3) is 0 Å². The van der Waals surface area contributed by atoms with E-state index in [1.807, 2.05) is 0 Å². The Balaban J connectivity index is 1.66. The Bertz CT molecular complexity index is 605. The zero-order valence-electron chi connectivity index (χ0n) is 13.7. The fraction of sp³-hybridized carbons (Fsp3) is 0.556. The first-order chi connectivity index (χ1) is 11.5. The quantitative estimate of drug-likeness (QED) is 0.870. The van der Waals surface area contributed by atoms with Gasteiger partial charge < -0.3 is 16.0 Å². The van der Waals surface area contributed by atoms with Gasteiger partial charge in [0.25, 0.3) is 0 Å². The molecule has 1 aromatic rings. The van der Waals surface area contributed by atoms with Crippen molar-refractivity contribution < 1.29 is 14.0 Å². The number of nitrogens with two attached hydrogens (primary N) is 1. The molecule has 2 fully saturated rings. The Morgan fingerprint density at radius 3 is 2.58 bits per heavy atom. The van der Waals surface area contributed by atoms with Crippen molar-refractivity contribution in [2.45, 2.75) is 44.2 Å². The van der Waals surface area contributed by atoms with Gasteiger partial charge in [-0.05, 0) is 36.5 Å². The van der Waals surface area contributed by atoms with Crippen molar-refractivity contribution in [2.24, 2.45) is 11.7 Å². The van der Waals surface area contributed by atoms with E-state index in [0.717, 1.165) is 31.2 Å². The number of rotatable bonds is 4. The molecule has 130 valence electrons. The molecule has 0 unspecified atom stereocenters. The van der Waals surface area contributed by atoms with Gasteiger partial charge in [-0.25, -0.2) is 4.39 Å². The predicted molar refractivity (Wildman–Crippen MR) is 88.5 cm³/mol. The highest BCUT2D eigenvalue weighted by Gasteiger charge is 2.35. The monoisotopic (exact) mass is 333 g/mol. The minimum Gasteiger partial charge on any atom is -0.342 e. The van der Waals surface area contributed by atoms with Gasteiger partial charge in [-0.1, -0.05) is 25.0 Å². The molecule has 1 saturated carbocycles. The number of carbonyl (C=O) groups is 2.